The molecule has 0 saturated heterocycles. The fraction of sp³-hybridized carbons (Fsp3) is 0.625. The molecule has 0 amide bonds. The Bertz CT molecular complexity index is 434. The van der Waals surface area contributed by atoms with Crippen LogP contribution in [0.15, 0.2) is 18.2 Å². The van der Waals surface area contributed by atoms with Gasteiger partial charge in [-0.05, 0) is 43.5 Å². The summed E-state index contributed by atoms with van der Waals surface area (Å²) in [6, 6.07) is 6.61. The highest BCUT2D eigenvalue weighted by Gasteiger charge is 2.28. The summed E-state index contributed by atoms with van der Waals surface area (Å²) in [4.78, 5) is 2.44. The highest BCUT2D eigenvalue weighted by molar-refractivity contribution is 5.40. The third-order valence-corrected chi connectivity index (χ3v) is 3.79. The minimum atomic E-state index is 0.305. The Morgan fingerprint density at radius 1 is 1.40 bits per heavy atom. The van der Waals surface area contributed by atoms with Gasteiger partial charge in [0.2, 0.25) is 0 Å². The lowest BCUT2D eigenvalue weighted by Crippen LogP contribution is -2.29. The predicted molar refractivity (Wildman–Crippen MR) is 80.9 cm³/mol. The van der Waals surface area contributed by atoms with Crippen LogP contribution < -0.4 is 10.5 Å². The first-order chi connectivity index (χ1) is 9.65. The van der Waals surface area contributed by atoms with Gasteiger partial charge in [-0.2, -0.15) is 0 Å². The normalized spacial score (nSPS) is 18.6. The first-order valence-electron chi connectivity index (χ1n) is 7.38. The molecule has 1 aliphatic rings. The molecule has 4 heteroatoms. The molecule has 0 aliphatic carbocycles. The van der Waals surface area contributed by atoms with E-state index in [1.54, 1.807) is 7.11 Å². The Morgan fingerprint density at radius 3 is 2.85 bits per heavy atom. The summed E-state index contributed by atoms with van der Waals surface area (Å²) in [5.74, 6) is 0.909. The monoisotopic (exact) mass is 278 g/mol. The molecule has 20 heavy (non-hydrogen) atoms. The zero-order valence-electron chi connectivity index (χ0n) is 12.8. The molecule has 1 atom stereocenters. The van der Waals surface area contributed by atoms with Crippen molar-refractivity contribution in [2.45, 2.75) is 39.0 Å². The SMILES string of the molecule is COc1ccc2c(c1)C(CN)N(CCCOC(C)C)C2. The molecule has 1 heterocycles. The molecule has 1 aliphatic heterocycles. The van der Waals surface area contributed by atoms with E-state index in [0.29, 0.717) is 18.7 Å². The molecule has 2 N–H and O–H groups in total. The van der Waals surface area contributed by atoms with Crippen LogP contribution in [-0.2, 0) is 11.3 Å². The Hall–Kier alpha value is -1.10. The second kappa shape index (κ2) is 7.07. The maximum absolute atomic E-state index is 5.97. The molecule has 2 rings (SSSR count). The maximum Gasteiger partial charge on any atom is 0.119 e. The fourth-order valence-electron chi connectivity index (χ4n) is 2.78. The number of nitrogens with zero attached hydrogens (tertiary/aromatic N) is 1. The topological polar surface area (TPSA) is 47.7 Å². The Morgan fingerprint density at radius 2 is 2.20 bits per heavy atom. The molecule has 112 valence electrons. The molecule has 0 fully saturated rings. The number of nitrogens with two attached hydrogens (primary N) is 1. The molecule has 0 bridgehead atoms. The van der Waals surface area contributed by atoms with Gasteiger partial charge in [-0.15, -0.1) is 0 Å². The Balaban J connectivity index is 1.96. The number of ether oxygens (including phenoxy) is 2. The number of hydrogen-bond donors (Lipinski definition) is 1. The summed E-state index contributed by atoms with van der Waals surface area (Å²) in [5.41, 5.74) is 8.65. The van der Waals surface area contributed by atoms with E-state index in [9.17, 15) is 0 Å². The molecule has 0 radical (unpaired) electrons. The van der Waals surface area contributed by atoms with E-state index in [0.717, 1.165) is 31.9 Å². The Kier molecular flexibility index (Phi) is 5.40. The molecular formula is C16H26N2O2. The number of rotatable bonds is 7. The molecule has 1 aromatic rings. The van der Waals surface area contributed by atoms with E-state index in [1.165, 1.54) is 11.1 Å². The smallest absolute Gasteiger partial charge is 0.119 e. The van der Waals surface area contributed by atoms with Gasteiger partial charge in [0.15, 0.2) is 0 Å². The van der Waals surface area contributed by atoms with Gasteiger partial charge in [-0.1, -0.05) is 6.07 Å². The lowest BCUT2D eigenvalue weighted by Gasteiger charge is -2.24. The minimum absolute atomic E-state index is 0.305. The molecule has 0 saturated carbocycles. The van der Waals surface area contributed by atoms with Crippen LogP contribution >= 0.6 is 0 Å². The van der Waals surface area contributed by atoms with Crippen molar-refractivity contribution in [1.82, 2.24) is 4.90 Å². The third-order valence-electron chi connectivity index (χ3n) is 3.79. The molecule has 1 aromatic carbocycles. The van der Waals surface area contributed by atoms with E-state index in [1.807, 2.05) is 6.07 Å². The summed E-state index contributed by atoms with van der Waals surface area (Å²) in [6.07, 6.45) is 1.35. The summed E-state index contributed by atoms with van der Waals surface area (Å²) in [6.45, 7) is 7.59. The molecule has 4 nitrogen and oxygen atoms in total. The van der Waals surface area contributed by atoms with Crippen molar-refractivity contribution in [3.63, 3.8) is 0 Å². The van der Waals surface area contributed by atoms with Gasteiger partial charge in [0, 0.05) is 32.3 Å². The molecule has 0 aromatic heterocycles. The summed E-state index contributed by atoms with van der Waals surface area (Å²) in [7, 11) is 1.70. The van der Waals surface area contributed by atoms with E-state index < -0.39 is 0 Å². The lowest BCUT2D eigenvalue weighted by molar-refractivity contribution is 0.0675. The van der Waals surface area contributed by atoms with E-state index in [-0.39, 0.29) is 0 Å². The highest BCUT2D eigenvalue weighted by atomic mass is 16.5. The maximum atomic E-state index is 5.97. The minimum Gasteiger partial charge on any atom is -0.497 e. The summed E-state index contributed by atoms with van der Waals surface area (Å²) < 4.78 is 10.9. The van der Waals surface area contributed by atoms with Crippen molar-refractivity contribution in [3.8, 4) is 5.75 Å². The second-order valence-corrected chi connectivity index (χ2v) is 5.56. The molecule has 0 spiro atoms. The number of hydrogen-bond acceptors (Lipinski definition) is 4. The van der Waals surface area contributed by atoms with E-state index >= 15 is 0 Å². The second-order valence-electron chi connectivity index (χ2n) is 5.56. The number of fused-ring (bicyclic) bond motifs is 1. The zero-order valence-corrected chi connectivity index (χ0v) is 12.8. The Labute approximate surface area is 121 Å². The van der Waals surface area contributed by atoms with Gasteiger partial charge >= 0.3 is 0 Å². The third kappa shape index (κ3) is 3.51. The lowest BCUT2D eigenvalue weighted by atomic mass is 10.0. The van der Waals surface area contributed by atoms with Crippen LogP contribution in [0.3, 0.4) is 0 Å². The van der Waals surface area contributed by atoms with E-state index in [2.05, 4.69) is 30.9 Å². The van der Waals surface area contributed by atoms with Crippen molar-refractivity contribution >= 4 is 0 Å². The van der Waals surface area contributed by atoms with Crippen LogP contribution in [0.5, 0.6) is 5.75 Å². The van der Waals surface area contributed by atoms with Gasteiger partial charge in [0.1, 0.15) is 5.75 Å². The fourth-order valence-corrected chi connectivity index (χ4v) is 2.78. The van der Waals surface area contributed by atoms with Crippen LogP contribution in [0.25, 0.3) is 0 Å². The first kappa shape index (κ1) is 15.3. The van der Waals surface area contributed by atoms with Gasteiger partial charge in [-0.3, -0.25) is 4.90 Å². The van der Waals surface area contributed by atoms with E-state index in [4.69, 9.17) is 15.2 Å². The zero-order chi connectivity index (χ0) is 14.5. The van der Waals surface area contributed by atoms with Crippen molar-refractivity contribution in [2.75, 3.05) is 26.8 Å². The van der Waals surface area contributed by atoms with Crippen LogP contribution in [0.2, 0.25) is 0 Å². The molecule has 1 unspecified atom stereocenters. The van der Waals surface area contributed by atoms with Crippen molar-refractivity contribution < 1.29 is 9.47 Å². The molecular weight excluding hydrogens is 252 g/mol. The van der Waals surface area contributed by atoms with Crippen LogP contribution in [0.4, 0.5) is 0 Å². The largest absolute Gasteiger partial charge is 0.497 e. The van der Waals surface area contributed by atoms with Crippen molar-refractivity contribution in [1.29, 1.82) is 0 Å². The first-order valence-corrected chi connectivity index (χ1v) is 7.38. The van der Waals surface area contributed by atoms with Crippen molar-refractivity contribution in [3.05, 3.63) is 29.3 Å². The van der Waals surface area contributed by atoms with Gasteiger partial charge in [0.25, 0.3) is 0 Å². The van der Waals surface area contributed by atoms with Crippen LogP contribution in [0, 0.1) is 0 Å². The number of methoxy groups -OCH3 is 1. The van der Waals surface area contributed by atoms with Crippen molar-refractivity contribution in [2.24, 2.45) is 5.73 Å². The van der Waals surface area contributed by atoms with Crippen LogP contribution in [0.1, 0.15) is 37.4 Å². The predicted octanol–water partition coefficient (Wildman–Crippen LogP) is 2.33. The highest BCUT2D eigenvalue weighted by Crippen LogP contribution is 2.35. The summed E-state index contributed by atoms with van der Waals surface area (Å²) >= 11 is 0. The average Bonchev–Trinajstić information content (AvgIpc) is 2.79. The quantitative estimate of drug-likeness (QED) is 0.778. The van der Waals surface area contributed by atoms with Crippen LogP contribution in [-0.4, -0.2) is 37.8 Å². The van der Waals surface area contributed by atoms with Gasteiger partial charge in [-0.25, -0.2) is 0 Å². The van der Waals surface area contributed by atoms with Gasteiger partial charge in [0.05, 0.1) is 13.2 Å². The number of benzene rings is 1. The van der Waals surface area contributed by atoms with Gasteiger partial charge < -0.3 is 15.2 Å². The average molecular weight is 278 g/mol. The summed E-state index contributed by atoms with van der Waals surface area (Å²) in [5, 5.41) is 0. The standard InChI is InChI=1S/C16H26N2O2/c1-12(2)20-8-4-7-18-11-13-5-6-14(19-3)9-15(13)16(18)10-17/h5-6,9,12,16H,4,7-8,10-11,17H2,1-3H3.